The Bertz CT molecular complexity index is 510. The fourth-order valence-corrected chi connectivity index (χ4v) is 2.76. The van der Waals surface area contributed by atoms with Gasteiger partial charge in [0.25, 0.3) is 0 Å². The SMILES string of the molecule is CCC(N)c1ccc(Sc2ccccc2Cl)cc1. The van der Waals surface area contributed by atoms with Crippen molar-refractivity contribution in [3.63, 3.8) is 0 Å². The molecule has 0 aromatic heterocycles. The number of hydrogen-bond acceptors (Lipinski definition) is 2. The molecule has 0 bridgehead atoms. The van der Waals surface area contributed by atoms with Crippen molar-refractivity contribution in [2.24, 2.45) is 5.73 Å². The maximum atomic E-state index is 6.14. The summed E-state index contributed by atoms with van der Waals surface area (Å²) >= 11 is 7.81. The molecule has 0 aliphatic carbocycles. The zero-order chi connectivity index (χ0) is 13.0. The van der Waals surface area contributed by atoms with Gasteiger partial charge in [-0.3, -0.25) is 0 Å². The Hall–Kier alpha value is -0.960. The van der Waals surface area contributed by atoms with Crippen molar-refractivity contribution in [3.05, 3.63) is 59.1 Å². The molecule has 0 aliphatic heterocycles. The van der Waals surface area contributed by atoms with Gasteiger partial charge in [-0.2, -0.15) is 0 Å². The van der Waals surface area contributed by atoms with E-state index in [0.717, 1.165) is 16.3 Å². The van der Waals surface area contributed by atoms with Crippen LogP contribution >= 0.6 is 23.4 Å². The van der Waals surface area contributed by atoms with Crippen LogP contribution in [0.3, 0.4) is 0 Å². The lowest BCUT2D eigenvalue weighted by Gasteiger charge is -2.10. The molecule has 1 unspecified atom stereocenters. The molecule has 0 saturated carbocycles. The van der Waals surface area contributed by atoms with Gasteiger partial charge in [-0.25, -0.2) is 0 Å². The monoisotopic (exact) mass is 277 g/mol. The molecular weight excluding hydrogens is 262 g/mol. The third-order valence-corrected chi connectivity index (χ3v) is 4.34. The number of hydrogen-bond donors (Lipinski definition) is 1. The summed E-state index contributed by atoms with van der Waals surface area (Å²) in [6, 6.07) is 16.4. The summed E-state index contributed by atoms with van der Waals surface area (Å²) in [5.74, 6) is 0. The first-order valence-electron chi connectivity index (χ1n) is 5.98. The Balaban J connectivity index is 2.14. The summed E-state index contributed by atoms with van der Waals surface area (Å²) in [7, 11) is 0. The van der Waals surface area contributed by atoms with Crippen molar-refractivity contribution in [1.82, 2.24) is 0 Å². The lowest BCUT2D eigenvalue weighted by atomic mass is 10.1. The molecule has 1 atom stereocenters. The summed E-state index contributed by atoms with van der Waals surface area (Å²) in [4.78, 5) is 2.25. The lowest BCUT2D eigenvalue weighted by molar-refractivity contribution is 0.698. The highest BCUT2D eigenvalue weighted by Crippen LogP contribution is 2.33. The summed E-state index contributed by atoms with van der Waals surface area (Å²) in [5, 5.41) is 0.789. The molecule has 2 N–H and O–H groups in total. The molecule has 2 rings (SSSR count). The molecule has 0 fully saturated rings. The van der Waals surface area contributed by atoms with Gasteiger partial charge in [0.05, 0.1) is 5.02 Å². The van der Waals surface area contributed by atoms with Gasteiger partial charge in [-0.15, -0.1) is 0 Å². The van der Waals surface area contributed by atoms with Crippen LogP contribution in [0.15, 0.2) is 58.3 Å². The van der Waals surface area contributed by atoms with Gasteiger partial charge in [0.15, 0.2) is 0 Å². The second-order valence-electron chi connectivity index (χ2n) is 4.12. The largest absolute Gasteiger partial charge is 0.324 e. The minimum atomic E-state index is 0.129. The highest BCUT2D eigenvalue weighted by Gasteiger charge is 2.05. The van der Waals surface area contributed by atoms with Crippen LogP contribution in [0.2, 0.25) is 5.02 Å². The minimum absolute atomic E-state index is 0.129. The van der Waals surface area contributed by atoms with Crippen LogP contribution < -0.4 is 5.73 Å². The van der Waals surface area contributed by atoms with Crippen molar-refractivity contribution < 1.29 is 0 Å². The summed E-state index contributed by atoms with van der Waals surface area (Å²) in [6.45, 7) is 2.09. The van der Waals surface area contributed by atoms with Gasteiger partial charge in [-0.05, 0) is 36.2 Å². The quantitative estimate of drug-likeness (QED) is 0.860. The average molecular weight is 278 g/mol. The van der Waals surface area contributed by atoms with Crippen LogP contribution in [0, 0.1) is 0 Å². The first kappa shape index (κ1) is 13.5. The molecule has 3 heteroatoms. The average Bonchev–Trinajstić information content (AvgIpc) is 2.41. The topological polar surface area (TPSA) is 26.0 Å². The number of rotatable bonds is 4. The van der Waals surface area contributed by atoms with Crippen LogP contribution in [0.5, 0.6) is 0 Å². The van der Waals surface area contributed by atoms with Crippen molar-refractivity contribution >= 4 is 23.4 Å². The van der Waals surface area contributed by atoms with Crippen molar-refractivity contribution in [1.29, 1.82) is 0 Å². The third-order valence-electron chi connectivity index (χ3n) is 2.81. The Morgan fingerprint density at radius 1 is 1.11 bits per heavy atom. The number of benzene rings is 2. The highest BCUT2D eigenvalue weighted by molar-refractivity contribution is 7.99. The van der Waals surface area contributed by atoms with Crippen LogP contribution in [-0.4, -0.2) is 0 Å². The van der Waals surface area contributed by atoms with E-state index in [-0.39, 0.29) is 6.04 Å². The fraction of sp³-hybridized carbons (Fsp3) is 0.200. The first-order chi connectivity index (χ1) is 8.70. The second kappa shape index (κ2) is 6.28. The Morgan fingerprint density at radius 2 is 1.78 bits per heavy atom. The van der Waals surface area contributed by atoms with Crippen molar-refractivity contribution in [3.8, 4) is 0 Å². The minimum Gasteiger partial charge on any atom is -0.324 e. The van der Waals surface area contributed by atoms with E-state index in [0.29, 0.717) is 0 Å². The molecule has 94 valence electrons. The van der Waals surface area contributed by atoms with Gasteiger partial charge in [0.1, 0.15) is 0 Å². The summed E-state index contributed by atoms with van der Waals surface area (Å²) in [5.41, 5.74) is 7.17. The van der Waals surface area contributed by atoms with Crippen molar-refractivity contribution in [2.45, 2.75) is 29.2 Å². The maximum absolute atomic E-state index is 6.14. The second-order valence-corrected chi connectivity index (χ2v) is 5.64. The molecule has 0 amide bonds. The molecular formula is C15H16ClNS. The highest BCUT2D eigenvalue weighted by atomic mass is 35.5. The van der Waals surface area contributed by atoms with E-state index in [1.54, 1.807) is 11.8 Å². The van der Waals surface area contributed by atoms with Crippen LogP contribution in [0.4, 0.5) is 0 Å². The molecule has 0 aliphatic rings. The Labute approximate surface area is 117 Å². The van der Waals surface area contributed by atoms with Crippen LogP contribution in [0.25, 0.3) is 0 Å². The molecule has 0 radical (unpaired) electrons. The van der Waals surface area contributed by atoms with E-state index in [4.69, 9.17) is 17.3 Å². The third kappa shape index (κ3) is 3.29. The Morgan fingerprint density at radius 3 is 2.39 bits per heavy atom. The van der Waals surface area contributed by atoms with Gasteiger partial charge in [0.2, 0.25) is 0 Å². The number of halogens is 1. The predicted octanol–water partition coefficient (Wildman–Crippen LogP) is 4.90. The van der Waals surface area contributed by atoms with Gasteiger partial charge >= 0.3 is 0 Å². The van der Waals surface area contributed by atoms with Gasteiger partial charge in [0, 0.05) is 15.8 Å². The normalized spacial score (nSPS) is 12.4. The standard InChI is InChI=1S/C15H16ClNS/c1-2-14(17)11-7-9-12(10-8-11)18-15-6-4-3-5-13(15)16/h3-10,14H,2,17H2,1H3. The molecule has 1 nitrogen and oxygen atoms in total. The first-order valence-corrected chi connectivity index (χ1v) is 7.18. The molecule has 0 spiro atoms. The number of nitrogens with two attached hydrogens (primary N) is 1. The van der Waals surface area contributed by atoms with Crippen LogP contribution in [-0.2, 0) is 0 Å². The Kier molecular flexibility index (Phi) is 4.70. The maximum Gasteiger partial charge on any atom is 0.0545 e. The van der Waals surface area contributed by atoms with E-state index >= 15 is 0 Å². The van der Waals surface area contributed by atoms with Crippen LogP contribution in [0.1, 0.15) is 24.9 Å². The molecule has 2 aromatic rings. The van der Waals surface area contributed by atoms with E-state index in [2.05, 4.69) is 31.2 Å². The molecule has 0 saturated heterocycles. The molecule has 2 aromatic carbocycles. The van der Waals surface area contributed by atoms with Gasteiger partial charge < -0.3 is 5.73 Å². The molecule has 0 heterocycles. The summed E-state index contributed by atoms with van der Waals surface area (Å²) < 4.78 is 0. The fourth-order valence-electron chi connectivity index (χ4n) is 1.67. The smallest absolute Gasteiger partial charge is 0.0545 e. The predicted molar refractivity (Wildman–Crippen MR) is 79.2 cm³/mol. The zero-order valence-electron chi connectivity index (χ0n) is 10.3. The van der Waals surface area contributed by atoms with E-state index in [1.165, 1.54) is 10.5 Å². The summed E-state index contributed by atoms with van der Waals surface area (Å²) in [6.07, 6.45) is 0.955. The lowest BCUT2D eigenvalue weighted by Crippen LogP contribution is -2.07. The van der Waals surface area contributed by atoms with E-state index < -0.39 is 0 Å². The van der Waals surface area contributed by atoms with Gasteiger partial charge in [-0.1, -0.05) is 54.6 Å². The van der Waals surface area contributed by atoms with Crippen molar-refractivity contribution in [2.75, 3.05) is 0 Å². The van der Waals surface area contributed by atoms with E-state index in [9.17, 15) is 0 Å². The molecule has 18 heavy (non-hydrogen) atoms. The zero-order valence-corrected chi connectivity index (χ0v) is 11.8. The van der Waals surface area contributed by atoms with E-state index in [1.807, 2.05) is 24.3 Å².